The Kier molecular flexibility index (Phi) is 5.63. The summed E-state index contributed by atoms with van der Waals surface area (Å²) < 4.78 is 43.4. The number of benzene rings is 2. The number of nitrogens with zero attached hydrogens (tertiary/aromatic N) is 3. The minimum absolute atomic E-state index is 0.0133. The normalized spacial score (nSPS) is 17.9. The van der Waals surface area contributed by atoms with Crippen molar-refractivity contribution in [3.05, 3.63) is 58.9 Å². The quantitative estimate of drug-likeness (QED) is 0.604. The fourth-order valence-corrected chi connectivity index (χ4v) is 3.91. The highest BCUT2D eigenvalue weighted by molar-refractivity contribution is 6.30. The van der Waals surface area contributed by atoms with Gasteiger partial charge in [-0.25, -0.2) is 4.68 Å². The number of hydrogen-bond donors (Lipinski definition) is 1. The summed E-state index contributed by atoms with van der Waals surface area (Å²) in [6.07, 6.45) is 1.91. The van der Waals surface area contributed by atoms with E-state index in [0.717, 1.165) is 5.56 Å². The average molecular weight is 437 g/mol. The van der Waals surface area contributed by atoms with Crippen LogP contribution in [0, 0.1) is 0 Å². The Labute approximate surface area is 176 Å². The zero-order valence-corrected chi connectivity index (χ0v) is 16.9. The highest BCUT2D eigenvalue weighted by atomic mass is 35.5. The van der Waals surface area contributed by atoms with Crippen molar-refractivity contribution in [1.82, 2.24) is 14.8 Å². The number of halogens is 3. The molecule has 0 aliphatic carbocycles. The van der Waals surface area contributed by atoms with Gasteiger partial charge >= 0.3 is 6.61 Å². The maximum atomic E-state index is 13.0. The fraction of sp³-hybridized carbons (Fsp3) is 0.300. The van der Waals surface area contributed by atoms with Crippen LogP contribution in [-0.2, 0) is 0 Å². The first-order chi connectivity index (χ1) is 14.5. The molecule has 2 atom stereocenters. The number of rotatable bonds is 6. The van der Waals surface area contributed by atoms with Gasteiger partial charge in [0.05, 0.1) is 26.3 Å². The number of hydrogen-bond acceptors (Lipinski definition) is 6. The van der Waals surface area contributed by atoms with E-state index >= 15 is 0 Å². The molecule has 0 amide bonds. The average Bonchev–Trinajstić information content (AvgIpc) is 3.20. The molecule has 0 bridgehead atoms. The number of fused-ring (bicyclic) bond motifs is 1. The van der Waals surface area contributed by atoms with Gasteiger partial charge in [0.25, 0.3) is 0 Å². The summed E-state index contributed by atoms with van der Waals surface area (Å²) in [6.45, 7) is -2.97. The van der Waals surface area contributed by atoms with Crippen molar-refractivity contribution in [3.8, 4) is 17.2 Å². The molecule has 0 saturated heterocycles. The van der Waals surface area contributed by atoms with E-state index in [1.54, 1.807) is 37.1 Å². The number of alkyl halides is 2. The van der Waals surface area contributed by atoms with Crippen LogP contribution in [0.1, 0.15) is 29.6 Å². The molecule has 2 aromatic carbocycles. The SMILES string of the molecule is COc1cccc([C@H]2C[C@@H](c3ccc(Cl)cc3OC(F)F)Nc3ncnn32)c1OC. The second kappa shape index (κ2) is 8.35. The predicted octanol–water partition coefficient (Wildman–Crippen LogP) is 4.70. The molecule has 1 aliphatic rings. The van der Waals surface area contributed by atoms with Gasteiger partial charge in [-0.3, -0.25) is 0 Å². The third kappa shape index (κ3) is 3.72. The van der Waals surface area contributed by atoms with Gasteiger partial charge < -0.3 is 19.5 Å². The van der Waals surface area contributed by atoms with Crippen LogP contribution in [0.2, 0.25) is 5.02 Å². The first-order valence-electron chi connectivity index (χ1n) is 9.13. The van der Waals surface area contributed by atoms with Gasteiger partial charge in [-0.15, -0.1) is 0 Å². The largest absolute Gasteiger partial charge is 0.493 e. The van der Waals surface area contributed by atoms with E-state index in [0.29, 0.717) is 34.5 Å². The maximum absolute atomic E-state index is 13.0. The van der Waals surface area contributed by atoms with E-state index in [1.165, 1.54) is 12.4 Å². The molecule has 4 rings (SSSR count). The second-order valence-electron chi connectivity index (χ2n) is 6.62. The van der Waals surface area contributed by atoms with E-state index in [9.17, 15) is 8.78 Å². The summed E-state index contributed by atoms with van der Waals surface area (Å²) >= 11 is 6.00. The van der Waals surface area contributed by atoms with E-state index in [1.807, 2.05) is 12.1 Å². The van der Waals surface area contributed by atoms with Crippen molar-refractivity contribution in [1.29, 1.82) is 0 Å². The van der Waals surface area contributed by atoms with E-state index in [-0.39, 0.29) is 17.8 Å². The topological polar surface area (TPSA) is 70.4 Å². The molecular weight excluding hydrogens is 418 g/mol. The smallest absolute Gasteiger partial charge is 0.387 e. The molecule has 0 radical (unpaired) electrons. The van der Waals surface area contributed by atoms with Crippen molar-refractivity contribution in [3.63, 3.8) is 0 Å². The Morgan fingerprint density at radius 1 is 1.13 bits per heavy atom. The van der Waals surface area contributed by atoms with E-state index in [4.69, 9.17) is 25.8 Å². The number of methoxy groups -OCH3 is 2. The first-order valence-corrected chi connectivity index (χ1v) is 9.50. The van der Waals surface area contributed by atoms with Crippen LogP contribution in [0.25, 0.3) is 0 Å². The lowest BCUT2D eigenvalue weighted by Crippen LogP contribution is -2.28. The molecule has 10 heteroatoms. The molecular formula is C20H19ClF2N4O3. The standard InChI is InChI=1S/C20H19ClF2N4O3/c1-28-16-5-3-4-13(18(16)29-2)15-9-14(26-20-24-10-25-27(15)20)12-7-6-11(21)8-17(12)30-19(22)23/h3-8,10,14-15,19H,9H2,1-2H3,(H,24,25,26)/t14-,15+/m0/s1. The van der Waals surface area contributed by atoms with Crippen molar-refractivity contribution < 1.29 is 23.0 Å². The highest BCUT2D eigenvalue weighted by Crippen LogP contribution is 2.45. The Bertz CT molecular complexity index is 1050. The minimum Gasteiger partial charge on any atom is -0.493 e. The molecule has 0 fully saturated rings. The molecule has 1 aromatic heterocycles. The number of para-hydroxylation sites is 1. The molecule has 0 unspecified atom stereocenters. The molecule has 1 aliphatic heterocycles. The van der Waals surface area contributed by atoms with Crippen molar-refractivity contribution in [2.45, 2.75) is 25.1 Å². The number of anilines is 1. The third-order valence-corrected chi connectivity index (χ3v) is 5.23. The molecule has 3 aromatic rings. The van der Waals surface area contributed by atoms with Crippen LogP contribution in [0.3, 0.4) is 0 Å². The van der Waals surface area contributed by atoms with Crippen molar-refractivity contribution in [2.75, 3.05) is 19.5 Å². The molecule has 30 heavy (non-hydrogen) atoms. The highest BCUT2D eigenvalue weighted by Gasteiger charge is 2.34. The summed E-state index contributed by atoms with van der Waals surface area (Å²) in [5, 5.41) is 7.88. The third-order valence-electron chi connectivity index (χ3n) is 4.99. The van der Waals surface area contributed by atoms with Crippen LogP contribution in [-0.4, -0.2) is 35.6 Å². The summed E-state index contributed by atoms with van der Waals surface area (Å²) in [4.78, 5) is 4.27. The van der Waals surface area contributed by atoms with Gasteiger partial charge in [0.1, 0.15) is 12.1 Å². The van der Waals surface area contributed by atoms with E-state index in [2.05, 4.69) is 15.4 Å². The van der Waals surface area contributed by atoms with Crippen LogP contribution >= 0.6 is 11.6 Å². The summed E-state index contributed by atoms with van der Waals surface area (Å²) in [5.41, 5.74) is 1.38. The van der Waals surface area contributed by atoms with Gasteiger partial charge in [0.15, 0.2) is 11.5 Å². The maximum Gasteiger partial charge on any atom is 0.387 e. The van der Waals surface area contributed by atoms with Crippen LogP contribution in [0.5, 0.6) is 17.2 Å². The van der Waals surface area contributed by atoms with Crippen LogP contribution in [0.15, 0.2) is 42.7 Å². The van der Waals surface area contributed by atoms with Crippen molar-refractivity contribution in [2.24, 2.45) is 0 Å². The van der Waals surface area contributed by atoms with Crippen molar-refractivity contribution >= 4 is 17.5 Å². The van der Waals surface area contributed by atoms with Crippen LogP contribution in [0.4, 0.5) is 14.7 Å². The van der Waals surface area contributed by atoms with Gasteiger partial charge in [-0.05, 0) is 24.6 Å². The Morgan fingerprint density at radius 3 is 2.70 bits per heavy atom. The van der Waals surface area contributed by atoms with E-state index < -0.39 is 6.61 Å². The molecule has 7 nitrogen and oxygen atoms in total. The Hall–Kier alpha value is -3.07. The van der Waals surface area contributed by atoms with Gasteiger partial charge in [-0.1, -0.05) is 29.8 Å². The first kappa shape index (κ1) is 20.2. The minimum atomic E-state index is -2.97. The molecule has 1 N–H and O–H groups in total. The second-order valence-corrected chi connectivity index (χ2v) is 7.06. The zero-order valence-electron chi connectivity index (χ0n) is 16.2. The summed E-state index contributed by atoms with van der Waals surface area (Å²) in [7, 11) is 3.13. The molecule has 158 valence electrons. The number of aromatic nitrogens is 3. The Morgan fingerprint density at radius 2 is 1.97 bits per heavy atom. The predicted molar refractivity (Wildman–Crippen MR) is 107 cm³/mol. The molecule has 0 spiro atoms. The zero-order chi connectivity index (χ0) is 21.3. The van der Waals surface area contributed by atoms with Crippen LogP contribution < -0.4 is 19.5 Å². The summed E-state index contributed by atoms with van der Waals surface area (Å²) in [6, 6.07) is 9.60. The lowest BCUT2D eigenvalue weighted by atomic mass is 9.92. The molecule has 2 heterocycles. The van der Waals surface area contributed by atoms with Gasteiger partial charge in [0.2, 0.25) is 5.95 Å². The molecule has 0 saturated carbocycles. The van der Waals surface area contributed by atoms with Gasteiger partial charge in [-0.2, -0.15) is 18.9 Å². The number of ether oxygens (including phenoxy) is 3. The fourth-order valence-electron chi connectivity index (χ4n) is 3.75. The number of nitrogens with one attached hydrogen (secondary N) is 1. The Balaban J connectivity index is 1.78. The van der Waals surface area contributed by atoms with Gasteiger partial charge in [0, 0.05) is 16.1 Å². The lowest BCUT2D eigenvalue weighted by Gasteiger charge is -2.33. The monoisotopic (exact) mass is 436 g/mol. The lowest BCUT2D eigenvalue weighted by molar-refractivity contribution is -0.0506. The summed E-state index contributed by atoms with van der Waals surface area (Å²) in [5.74, 6) is 1.67.